The minimum absolute atomic E-state index is 0.0788. The van der Waals surface area contributed by atoms with Crippen LogP contribution >= 0.6 is 0 Å². The molecular weight excluding hydrogens is 430 g/mol. The van der Waals surface area contributed by atoms with E-state index in [1.165, 1.54) is 17.2 Å². The normalized spacial score (nSPS) is 11.4. The first kappa shape index (κ1) is 22.4. The molecule has 1 aromatic carbocycles. The highest BCUT2D eigenvalue weighted by atomic mass is 19.3. The minimum Gasteiger partial charge on any atom is -0.497 e. The number of benzene rings is 1. The zero-order valence-electron chi connectivity index (χ0n) is 19.0. The average molecular weight is 454 g/mol. The molecule has 0 aliphatic carbocycles. The van der Waals surface area contributed by atoms with E-state index < -0.39 is 6.43 Å². The quantitative estimate of drug-likeness (QED) is 0.441. The number of amides is 1. The van der Waals surface area contributed by atoms with Crippen LogP contribution in [-0.2, 0) is 13.6 Å². The van der Waals surface area contributed by atoms with E-state index in [-0.39, 0.29) is 22.8 Å². The number of aromatic nitrogens is 5. The molecule has 8 nitrogen and oxygen atoms in total. The molecule has 0 spiro atoms. The molecule has 0 fully saturated rings. The number of hydrogen-bond donors (Lipinski definition) is 0. The Morgan fingerprint density at radius 1 is 1.21 bits per heavy atom. The van der Waals surface area contributed by atoms with Crippen LogP contribution in [0.1, 0.15) is 39.4 Å². The standard InChI is InChI=1S/C23H24F2N6O2/c1-13-18(14(2)30(4)28-13)12-29(3)23(32)17-11-26-31-20(21(24)25)10-19(27-22(17)31)15-6-8-16(33-5)9-7-15/h6-11,21H,12H2,1-5H3. The van der Waals surface area contributed by atoms with Gasteiger partial charge >= 0.3 is 0 Å². The second-order valence-electron chi connectivity index (χ2n) is 7.82. The minimum atomic E-state index is -2.80. The summed E-state index contributed by atoms with van der Waals surface area (Å²) in [6.45, 7) is 4.13. The molecule has 10 heteroatoms. The van der Waals surface area contributed by atoms with Gasteiger partial charge < -0.3 is 9.64 Å². The van der Waals surface area contributed by atoms with Gasteiger partial charge in [-0.2, -0.15) is 10.2 Å². The third-order valence-corrected chi connectivity index (χ3v) is 5.74. The van der Waals surface area contributed by atoms with Crippen molar-refractivity contribution in [3.05, 3.63) is 64.7 Å². The average Bonchev–Trinajstić information content (AvgIpc) is 3.33. The van der Waals surface area contributed by atoms with Crippen molar-refractivity contribution >= 4 is 11.6 Å². The van der Waals surface area contributed by atoms with Crippen LogP contribution in [0.5, 0.6) is 5.75 Å². The third kappa shape index (κ3) is 4.04. The number of alkyl halides is 2. The van der Waals surface area contributed by atoms with Crippen LogP contribution < -0.4 is 4.74 Å². The number of carbonyl (C=O) groups is 1. The van der Waals surface area contributed by atoms with E-state index in [1.54, 1.807) is 43.1 Å². The largest absolute Gasteiger partial charge is 0.497 e. The van der Waals surface area contributed by atoms with E-state index in [2.05, 4.69) is 15.2 Å². The predicted octanol–water partition coefficient (Wildman–Crippen LogP) is 3.97. The Morgan fingerprint density at radius 2 is 1.91 bits per heavy atom. The Labute approximate surface area is 189 Å². The number of methoxy groups -OCH3 is 1. The smallest absolute Gasteiger partial charge is 0.280 e. The number of halogens is 2. The molecule has 0 aliphatic heterocycles. The van der Waals surface area contributed by atoms with Gasteiger partial charge in [-0.1, -0.05) is 0 Å². The lowest BCUT2D eigenvalue weighted by Gasteiger charge is -2.17. The lowest BCUT2D eigenvalue weighted by molar-refractivity contribution is 0.0786. The highest BCUT2D eigenvalue weighted by Crippen LogP contribution is 2.28. The first-order valence-electron chi connectivity index (χ1n) is 10.3. The van der Waals surface area contributed by atoms with Gasteiger partial charge in [0.25, 0.3) is 12.3 Å². The van der Waals surface area contributed by atoms with E-state index >= 15 is 0 Å². The van der Waals surface area contributed by atoms with Crippen molar-refractivity contribution in [2.45, 2.75) is 26.8 Å². The number of aryl methyl sites for hydroxylation is 2. The predicted molar refractivity (Wildman–Crippen MR) is 118 cm³/mol. The van der Waals surface area contributed by atoms with Crippen molar-refractivity contribution in [3.63, 3.8) is 0 Å². The summed E-state index contributed by atoms with van der Waals surface area (Å²) in [7, 11) is 5.04. The molecule has 0 radical (unpaired) electrons. The van der Waals surface area contributed by atoms with Crippen LogP contribution in [0.2, 0.25) is 0 Å². The number of carbonyl (C=O) groups excluding carboxylic acids is 1. The molecule has 1 amide bonds. The molecule has 4 rings (SSSR count). The number of fused-ring (bicyclic) bond motifs is 1. The summed E-state index contributed by atoms with van der Waals surface area (Å²) in [5, 5.41) is 8.42. The van der Waals surface area contributed by atoms with Crippen LogP contribution in [0.25, 0.3) is 16.9 Å². The van der Waals surface area contributed by atoms with Gasteiger partial charge in [0, 0.05) is 37.5 Å². The van der Waals surface area contributed by atoms with E-state index in [0.717, 1.165) is 21.5 Å². The van der Waals surface area contributed by atoms with Crippen molar-refractivity contribution in [3.8, 4) is 17.0 Å². The van der Waals surface area contributed by atoms with Crippen LogP contribution in [0, 0.1) is 13.8 Å². The maximum absolute atomic E-state index is 13.8. The summed E-state index contributed by atoms with van der Waals surface area (Å²) in [6, 6.07) is 8.18. The molecule has 0 atom stereocenters. The second-order valence-corrected chi connectivity index (χ2v) is 7.82. The Hall–Kier alpha value is -3.82. The molecule has 172 valence electrons. The van der Waals surface area contributed by atoms with Gasteiger partial charge in [0.05, 0.1) is 24.7 Å². The first-order chi connectivity index (χ1) is 15.7. The highest BCUT2D eigenvalue weighted by Gasteiger charge is 2.24. The molecule has 3 aromatic heterocycles. The molecule has 0 aliphatic rings. The molecule has 3 heterocycles. The maximum Gasteiger partial charge on any atom is 0.280 e. The molecule has 0 saturated carbocycles. The molecular formula is C23H24F2N6O2. The van der Waals surface area contributed by atoms with Crippen molar-refractivity contribution in [2.75, 3.05) is 14.2 Å². The monoisotopic (exact) mass is 454 g/mol. The number of ether oxygens (including phenoxy) is 1. The maximum atomic E-state index is 13.8. The highest BCUT2D eigenvalue weighted by molar-refractivity contribution is 5.99. The van der Waals surface area contributed by atoms with Crippen molar-refractivity contribution < 1.29 is 18.3 Å². The SMILES string of the molecule is COc1ccc(-c2cc(C(F)F)n3ncc(C(=O)N(C)Cc4c(C)nn(C)c4C)c3n2)cc1. The van der Waals surface area contributed by atoms with Crippen molar-refractivity contribution in [1.82, 2.24) is 29.3 Å². The Morgan fingerprint density at radius 3 is 2.48 bits per heavy atom. The van der Waals surface area contributed by atoms with Gasteiger partial charge in [-0.05, 0) is 44.2 Å². The molecule has 4 aromatic rings. The Kier molecular flexibility index (Phi) is 5.84. The summed E-state index contributed by atoms with van der Waals surface area (Å²) in [5.41, 5.74) is 3.54. The van der Waals surface area contributed by atoms with Gasteiger partial charge in [-0.3, -0.25) is 9.48 Å². The summed E-state index contributed by atoms with van der Waals surface area (Å²) in [6.07, 6.45) is -1.51. The fourth-order valence-electron chi connectivity index (χ4n) is 3.76. The number of hydrogen-bond acceptors (Lipinski definition) is 5. The fraction of sp³-hybridized carbons (Fsp3) is 0.304. The van der Waals surface area contributed by atoms with Gasteiger partial charge in [-0.15, -0.1) is 0 Å². The van der Waals surface area contributed by atoms with E-state index in [0.29, 0.717) is 23.6 Å². The first-order valence-corrected chi connectivity index (χ1v) is 10.3. The molecule has 0 saturated heterocycles. The number of rotatable bonds is 6. The van der Waals surface area contributed by atoms with Crippen LogP contribution in [0.4, 0.5) is 8.78 Å². The van der Waals surface area contributed by atoms with Gasteiger partial charge in [0.1, 0.15) is 17.0 Å². The Bertz CT molecular complexity index is 1330. The van der Waals surface area contributed by atoms with Crippen molar-refractivity contribution in [2.24, 2.45) is 7.05 Å². The van der Waals surface area contributed by atoms with Crippen LogP contribution in [0.15, 0.2) is 36.5 Å². The second kappa shape index (κ2) is 8.61. The lowest BCUT2D eigenvalue weighted by Crippen LogP contribution is -2.26. The topological polar surface area (TPSA) is 77.5 Å². The number of nitrogens with zero attached hydrogens (tertiary/aromatic N) is 6. The van der Waals surface area contributed by atoms with E-state index in [4.69, 9.17) is 4.74 Å². The third-order valence-electron chi connectivity index (χ3n) is 5.74. The van der Waals surface area contributed by atoms with E-state index in [9.17, 15) is 13.6 Å². The summed E-state index contributed by atoms with van der Waals surface area (Å²) >= 11 is 0. The van der Waals surface area contributed by atoms with Gasteiger partial charge in [0.2, 0.25) is 0 Å². The lowest BCUT2D eigenvalue weighted by atomic mass is 10.1. The molecule has 0 unspecified atom stereocenters. The van der Waals surface area contributed by atoms with Gasteiger partial charge in [0.15, 0.2) is 5.65 Å². The zero-order valence-corrected chi connectivity index (χ0v) is 19.0. The molecule has 0 bridgehead atoms. The fourth-order valence-corrected chi connectivity index (χ4v) is 3.76. The summed E-state index contributed by atoms with van der Waals surface area (Å²) in [4.78, 5) is 19.3. The molecule has 0 N–H and O–H groups in total. The summed E-state index contributed by atoms with van der Waals surface area (Å²) in [5.74, 6) is 0.268. The van der Waals surface area contributed by atoms with Crippen LogP contribution in [-0.4, -0.2) is 49.3 Å². The molecule has 33 heavy (non-hydrogen) atoms. The Balaban J connectivity index is 1.75. The zero-order chi connectivity index (χ0) is 23.9. The van der Waals surface area contributed by atoms with Crippen molar-refractivity contribution in [1.29, 1.82) is 0 Å². The van der Waals surface area contributed by atoms with Gasteiger partial charge in [-0.25, -0.2) is 18.3 Å². The summed E-state index contributed by atoms with van der Waals surface area (Å²) < 4.78 is 35.6. The van der Waals surface area contributed by atoms with E-state index in [1.807, 2.05) is 20.9 Å². The van der Waals surface area contributed by atoms with Crippen LogP contribution in [0.3, 0.4) is 0 Å².